The Balaban J connectivity index is 2.41. The number of nitrogens with zero attached hydrogens (tertiary/aromatic N) is 1. The molecule has 0 fully saturated rings. The van der Waals surface area contributed by atoms with Crippen molar-refractivity contribution in [2.45, 2.75) is 27.7 Å². The summed E-state index contributed by atoms with van der Waals surface area (Å²) in [5.41, 5.74) is 2.50. The Kier molecular flexibility index (Phi) is 7.51. The Labute approximate surface area is 208 Å². The molecule has 182 valence electrons. The fraction of sp³-hybridized carbons (Fsp3) is 0.222. The van der Waals surface area contributed by atoms with Crippen LogP contribution in [0.2, 0.25) is 5.02 Å². The van der Waals surface area contributed by atoms with Gasteiger partial charge in [0.2, 0.25) is 0 Å². The van der Waals surface area contributed by atoms with Crippen molar-refractivity contribution in [2.24, 2.45) is 0 Å². The van der Waals surface area contributed by atoms with Gasteiger partial charge in [0.05, 0.1) is 5.02 Å². The predicted molar refractivity (Wildman–Crippen MR) is 135 cm³/mol. The number of carbonyl (C=O) groups is 3. The number of benzene rings is 2. The zero-order chi connectivity index (χ0) is 26.0. The molecule has 1 aliphatic rings. The van der Waals surface area contributed by atoms with Crippen LogP contribution in [0.15, 0.2) is 59.2 Å². The van der Waals surface area contributed by atoms with Crippen molar-refractivity contribution in [3.8, 4) is 5.75 Å². The standard InChI is InChI=1S/C27H26ClNO6/c1-5-29(6-2)18-7-8-19(22(28)13-18)23(16-9-14(3)24(30)20(11-16)26(32)33)17-10-15(4)25(31)21(12-17)27(34)35/h7-13,30H,5-6H2,1-4H3,(H,32,33)(H,34,35)/b23-17-. The normalized spacial score (nSPS) is 14.8. The lowest BCUT2D eigenvalue weighted by Gasteiger charge is -2.23. The molecule has 1 aliphatic carbocycles. The van der Waals surface area contributed by atoms with E-state index in [9.17, 15) is 29.7 Å². The number of carboxylic acid groups (broad SMARTS) is 2. The number of phenols is 1. The molecule has 0 spiro atoms. The molecule has 3 rings (SSSR count). The number of aryl methyl sites for hydroxylation is 1. The highest BCUT2D eigenvalue weighted by Gasteiger charge is 2.26. The number of aliphatic carboxylic acids is 1. The minimum Gasteiger partial charge on any atom is -0.507 e. The molecular weight excluding hydrogens is 470 g/mol. The van der Waals surface area contributed by atoms with Gasteiger partial charge in [-0.1, -0.05) is 17.7 Å². The lowest BCUT2D eigenvalue weighted by molar-refractivity contribution is -0.134. The van der Waals surface area contributed by atoms with Gasteiger partial charge in [-0.2, -0.15) is 0 Å². The van der Waals surface area contributed by atoms with Gasteiger partial charge in [0.15, 0.2) is 5.78 Å². The van der Waals surface area contributed by atoms with Gasteiger partial charge in [0.25, 0.3) is 0 Å². The van der Waals surface area contributed by atoms with E-state index in [0.717, 1.165) is 18.8 Å². The number of hydrogen-bond acceptors (Lipinski definition) is 5. The number of carboxylic acids is 2. The Morgan fingerprint density at radius 1 is 0.943 bits per heavy atom. The Morgan fingerprint density at radius 2 is 1.60 bits per heavy atom. The third-order valence-corrected chi connectivity index (χ3v) is 6.28. The average molecular weight is 496 g/mol. The second kappa shape index (κ2) is 10.2. The van der Waals surface area contributed by atoms with Crippen molar-refractivity contribution < 1.29 is 29.7 Å². The van der Waals surface area contributed by atoms with Crippen molar-refractivity contribution in [2.75, 3.05) is 18.0 Å². The number of ketones is 1. The summed E-state index contributed by atoms with van der Waals surface area (Å²) in [7, 11) is 0. The van der Waals surface area contributed by atoms with Crippen LogP contribution in [0, 0.1) is 6.92 Å². The van der Waals surface area contributed by atoms with Crippen molar-refractivity contribution in [3.63, 3.8) is 0 Å². The number of Topliss-reactive ketones (excluding diaryl/α,β-unsaturated/α-hetero) is 1. The lowest BCUT2D eigenvalue weighted by Crippen LogP contribution is -2.21. The Bertz CT molecular complexity index is 1330. The first-order valence-electron chi connectivity index (χ1n) is 11.0. The van der Waals surface area contributed by atoms with E-state index in [-0.39, 0.29) is 16.9 Å². The van der Waals surface area contributed by atoms with Gasteiger partial charge in [0, 0.05) is 24.3 Å². The molecule has 0 saturated heterocycles. The van der Waals surface area contributed by atoms with Crippen molar-refractivity contribution in [3.05, 3.63) is 86.5 Å². The first-order valence-corrected chi connectivity index (χ1v) is 11.4. The van der Waals surface area contributed by atoms with E-state index < -0.39 is 23.3 Å². The number of hydrogen-bond donors (Lipinski definition) is 3. The van der Waals surface area contributed by atoms with Crippen molar-refractivity contribution in [1.29, 1.82) is 0 Å². The number of aromatic carboxylic acids is 1. The van der Waals surface area contributed by atoms with Gasteiger partial charge in [0.1, 0.15) is 16.9 Å². The van der Waals surface area contributed by atoms with E-state index in [4.69, 9.17) is 11.6 Å². The van der Waals surface area contributed by atoms with Crippen LogP contribution < -0.4 is 4.90 Å². The number of aromatic hydroxyl groups is 1. The molecule has 0 radical (unpaired) electrons. The molecule has 7 nitrogen and oxygen atoms in total. The van der Waals surface area contributed by atoms with Crippen LogP contribution in [0.25, 0.3) is 5.57 Å². The molecule has 0 heterocycles. The second-order valence-corrected chi connectivity index (χ2v) is 8.59. The van der Waals surface area contributed by atoms with Gasteiger partial charge in [-0.3, -0.25) is 4.79 Å². The molecule has 0 aliphatic heterocycles. The van der Waals surface area contributed by atoms with Crippen LogP contribution in [-0.2, 0) is 9.59 Å². The zero-order valence-electron chi connectivity index (χ0n) is 19.8. The summed E-state index contributed by atoms with van der Waals surface area (Å²) in [5.74, 6) is -3.64. The van der Waals surface area contributed by atoms with Gasteiger partial charge in [-0.25, -0.2) is 9.59 Å². The monoisotopic (exact) mass is 495 g/mol. The van der Waals surface area contributed by atoms with E-state index in [0.29, 0.717) is 32.9 Å². The largest absolute Gasteiger partial charge is 0.507 e. The topological polar surface area (TPSA) is 115 Å². The Morgan fingerprint density at radius 3 is 2.14 bits per heavy atom. The first-order chi connectivity index (χ1) is 16.5. The summed E-state index contributed by atoms with van der Waals surface area (Å²) >= 11 is 6.74. The van der Waals surface area contributed by atoms with Crippen LogP contribution in [-0.4, -0.2) is 46.1 Å². The maximum Gasteiger partial charge on any atom is 0.339 e. The molecule has 0 saturated carbocycles. The van der Waals surface area contributed by atoms with Crippen LogP contribution in [0.3, 0.4) is 0 Å². The quantitative estimate of drug-likeness (QED) is 0.450. The van der Waals surface area contributed by atoms with E-state index >= 15 is 0 Å². The van der Waals surface area contributed by atoms with Gasteiger partial charge in [-0.05, 0) is 92.0 Å². The summed E-state index contributed by atoms with van der Waals surface area (Å²) in [6, 6.07) is 8.38. The fourth-order valence-corrected chi connectivity index (χ4v) is 4.40. The van der Waals surface area contributed by atoms with Gasteiger partial charge in [-0.15, -0.1) is 0 Å². The van der Waals surface area contributed by atoms with E-state index in [1.165, 1.54) is 19.1 Å². The van der Waals surface area contributed by atoms with Gasteiger partial charge < -0.3 is 20.2 Å². The molecule has 0 bridgehead atoms. The highest BCUT2D eigenvalue weighted by Crippen LogP contribution is 2.39. The molecule has 0 atom stereocenters. The SMILES string of the molecule is CCN(CC)c1ccc(/C(=C2/C=C(C)C(=O)C(C(=O)O)=C2)c2cc(C)c(O)c(C(=O)O)c2)c(Cl)c1. The summed E-state index contributed by atoms with van der Waals surface area (Å²) in [6.45, 7) is 8.68. The molecule has 3 N–H and O–H groups in total. The second-order valence-electron chi connectivity index (χ2n) is 8.18. The molecule has 2 aromatic carbocycles. The van der Waals surface area contributed by atoms with E-state index in [1.807, 2.05) is 19.9 Å². The maximum absolute atomic E-state index is 12.4. The summed E-state index contributed by atoms with van der Waals surface area (Å²) in [6.07, 6.45) is 2.83. The first kappa shape index (κ1) is 25.8. The number of rotatable bonds is 7. The van der Waals surface area contributed by atoms with Crippen molar-refractivity contribution >= 4 is 40.6 Å². The number of halogens is 1. The number of carbonyl (C=O) groups excluding carboxylic acids is 1. The van der Waals surface area contributed by atoms with Crippen LogP contribution in [0.1, 0.15) is 47.8 Å². The predicted octanol–water partition coefficient (Wildman–Crippen LogP) is 5.24. The van der Waals surface area contributed by atoms with Crippen molar-refractivity contribution in [1.82, 2.24) is 0 Å². The van der Waals surface area contributed by atoms with Crippen LogP contribution >= 0.6 is 11.6 Å². The highest BCUT2D eigenvalue weighted by molar-refractivity contribution is 6.33. The highest BCUT2D eigenvalue weighted by atomic mass is 35.5. The number of anilines is 1. The number of allylic oxidation sites excluding steroid dienone is 4. The summed E-state index contributed by atoms with van der Waals surface area (Å²) in [5, 5.41) is 29.9. The molecule has 2 aromatic rings. The van der Waals surface area contributed by atoms with E-state index in [1.54, 1.807) is 31.2 Å². The summed E-state index contributed by atoms with van der Waals surface area (Å²) < 4.78 is 0. The maximum atomic E-state index is 12.4. The smallest absolute Gasteiger partial charge is 0.339 e. The molecular formula is C27H26ClNO6. The van der Waals surface area contributed by atoms with Crippen LogP contribution in [0.4, 0.5) is 5.69 Å². The third-order valence-electron chi connectivity index (χ3n) is 5.96. The molecule has 8 heteroatoms. The lowest BCUT2D eigenvalue weighted by atomic mass is 9.85. The average Bonchev–Trinajstić information content (AvgIpc) is 2.80. The van der Waals surface area contributed by atoms with Gasteiger partial charge >= 0.3 is 11.9 Å². The molecule has 0 unspecified atom stereocenters. The molecule has 0 amide bonds. The minimum absolute atomic E-state index is 0.224. The summed E-state index contributed by atoms with van der Waals surface area (Å²) in [4.78, 5) is 38.1. The Hall–Kier alpha value is -3.84. The minimum atomic E-state index is -1.37. The third kappa shape index (κ3) is 5.00. The van der Waals surface area contributed by atoms with Crippen LogP contribution in [0.5, 0.6) is 5.75 Å². The van der Waals surface area contributed by atoms with E-state index in [2.05, 4.69) is 4.90 Å². The molecule has 35 heavy (non-hydrogen) atoms. The molecule has 0 aromatic heterocycles. The zero-order valence-corrected chi connectivity index (χ0v) is 20.6. The fourth-order valence-electron chi connectivity index (χ4n) is 4.13.